The highest BCUT2D eigenvalue weighted by molar-refractivity contribution is 7.91. The summed E-state index contributed by atoms with van der Waals surface area (Å²) in [5.41, 5.74) is 1.47. The molecular weight excluding hydrogens is 314 g/mol. The van der Waals surface area contributed by atoms with Crippen molar-refractivity contribution in [1.82, 2.24) is 4.90 Å². The van der Waals surface area contributed by atoms with Crippen LogP contribution in [0.1, 0.15) is 28.1 Å². The molecule has 2 aromatic rings. The molecule has 1 aliphatic rings. The summed E-state index contributed by atoms with van der Waals surface area (Å²) in [5.74, 6) is 0.541. The predicted molar refractivity (Wildman–Crippen MR) is 86.8 cm³/mol. The predicted octanol–water partition coefficient (Wildman–Crippen LogP) is 2.42. The van der Waals surface area contributed by atoms with E-state index in [9.17, 15) is 13.2 Å². The van der Waals surface area contributed by atoms with Gasteiger partial charge < -0.3 is 9.32 Å². The molecule has 2 heterocycles. The molecule has 0 bridgehead atoms. The van der Waals surface area contributed by atoms with E-state index in [1.807, 2.05) is 30.3 Å². The lowest BCUT2D eigenvalue weighted by Gasteiger charge is -2.28. The normalized spacial score (nSPS) is 19.6. The monoisotopic (exact) mass is 333 g/mol. The number of carbonyl (C=O) groups excluding carboxylic acids is 1. The van der Waals surface area contributed by atoms with Gasteiger partial charge >= 0.3 is 0 Å². The Labute approximate surface area is 135 Å². The van der Waals surface area contributed by atoms with Gasteiger partial charge in [-0.2, -0.15) is 0 Å². The van der Waals surface area contributed by atoms with Crippen LogP contribution in [0.15, 0.2) is 47.1 Å². The van der Waals surface area contributed by atoms with Crippen molar-refractivity contribution < 1.29 is 17.6 Å². The van der Waals surface area contributed by atoms with Crippen LogP contribution in [-0.4, -0.2) is 36.8 Å². The smallest absolute Gasteiger partial charge is 0.257 e. The van der Waals surface area contributed by atoms with Gasteiger partial charge in [-0.05, 0) is 25.0 Å². The lowest BCUT2D eigenvalue weighted by Crippen LogP contribution is -2.40. The molecule has 1 saturated heterocycles. The summed E-state index contributed by atoms with van der Waals surface area (Å²) in [6, 6.07) is 11.0. The largest absolute Gasteiger partial charge is 0.469 e. The van der Waals surface area contributed by atoms with E-state index in [2.05, 4.69) is 0 Å². The number of amides is 1. The Bertz CT molecular complexity index is 795. The zero-order valence-corrected chi connectivity index (χ0v) is 13.8. The second-order valence-corrected chi connectivity index (χ2v) is 8.09. The minimum atomic E-state index is -3.06. The number of carbonyl (C=O) groups is 1. The second kappa shape index (κ2) is 6.20. The molecule has 0 N–H and O–H groups in total. The Balaban J connectivity index is 1.90. The standard InChI is InChI=1S/C17H19NO4S/c1-13-16(7-9-22-13)17(19)18(11-14-5-3-2-4-6-14)15-8-10-23(20,21)12-15/h2-7,9,15H,8,10-12H2,1H3/t15-/m1/s1. The van der Waals surface area contributed by atoms with Gasteiger partial charge in [-0.1, -0.05) is 30.3 Å². The van der Waals surface area contributed by atoms with Gasteiger partial charge in [0.2, 0.25) is 0 Å². The summed E-state index contributed by atoms with van der Waals surface area (Å²) >= 11 is 0. The average Bonchev–Trinajstić information content (AvgIpc) is 3.10. The van der Waals surface area contributed by atoms with Gasteiger partial charge in [0.1, 0.15) is 5.76 Å². The van der Waals surface area contributed by atoms with Crippen LogP contribution in [0.3, 0.4) is 0 Å². The summed E-state index contributed by atoms with van der Waals surface area (Å²) in [5, 5.41) is 0. The molecule has 1 amide bonds. The number of hydrogen-bond acceptors (Lipinski definition) is 4. The maximum absolute atomic E-state index is 12.9. The molecule has 0 spiro atoms. The molecule has 5 nitrogen and oxygen atoms in total. The number of rotatable bonds is 4. The van der Waals surface area contributed by atoms with Crippen LogP contribution in [0.5, 0.6) is 0 Å². The van der Waals surface area contributed by atoms with E-state index in [4.69, 9.17) is 4.42 Å². The van der Waals surface area contributed by atoms with Gasteiger partial charge in [-0.15, -0.1) is 0 Å². The van der Waals surface area contributed by atoms with Crippen molar-refractivity contribution in [2.75, 3.05) is 11.5 Å². The fourth-order valence-corrected chi connectivity index (χ4v) is 4.66. The first kappa shape index (κ1) is 15.8. The molecule has 0 saturated carbocycles. The number of aryl methyl sites for hydroxylation is 1. The lowest BCUT2D eigenvalue weighted by molar-refractivity contribution is 0.0679. The second-order valence-electron chi connectivity index (χ2n) is 5.87. The van der Waals surface area contributed by atoms with E-state index in [0.717, 1.165) is 5.56 Å². The molecule has 1 aliphatic heterocycles. The molecule has 0 unspecified atom stereocenters. The van der Waals surface area contributed by atoms with Crippen molar-refractivity contribution in [2.45, 2.75) is 25.9 Å². The van der Waals surface area contributed by atoms with Gasteiger partial charge in [0.25, 0.3) is 5.91 Å². The maximum Gasteiger partial charge on any atom is 0.257 e. The van der Waals surface area contributed by atoms with Crippen molar-refractivity contribution in [2.24, 2.45) is 0 Å². The van der Waals surface area contributed by atoms with E-state index in [0.29, 0.717) is 24.3 Å². The van der Waals surface area contributed by atoms with Crippen molar-refractivity contribution in [3.05, 3.63) is 59.5 Å². The number of benzene rings is 1. The third kappa shape index (κ3) is 3.47. The summed E-state index contributed by atoms with van der Waals surface area (Å²) in [6.45, 7) is 2.13. The van der Waals surface area contributed by atoms with Gasteiger partial charge in [0.05, 0.1) is 23.3 Å². The Morgan fingerprint density at radius 2 is 2.00 bits per heavy atom. The summed E-state index contributed by atoms with van der Waals surface area (Å²) in [6.07, 6.45) is 1.96. The van der Waals surface area contributed by atoms with E-state index >= 15 is 0 Å². The third-order valence-corrected chi connectivity index (χ3v) is 5.95. The summed E-state index contributed by atoms with van der Waals surface area (Å²) in [4.78, 5) is 14.6. The molecule has 3 rings (SSSR count). The minimum absolute atomic E-state index is 0.0302. The summed E-state index contributed by atoms with van der Waals surface area (Å²) in [7, 11) is -3.06. The highest BCUT2D eigenvalue weighted by atomic mass is 32.2. The quantitative estimate of drug-likeness (QED) is 0.862. The van der Waals surface area contributed by atoms with Crippen molar-refractivity contribution >= 4 is 15.7 Å². The molecule has 6 heteroatoms. The van der Waals surface area contributed by atoms with Crippen LogP contribution in [0.2, 0.25) is 0 Å². The van der Waals surface area contributed by atoms with E-state index in [-0.39, 0.29) is 23.5 Å². The van der Waals surface area contributed by atoms with Crippen LogP contribution in [0.25, 0.3) is 0 Å². The van der Waals surface area contributed by atoms with E-state index in [1.54, 1.807) is 17.9 Å². The van der Waals surface area contributed by atoms with Crippen LogP contribution < -0.4 is 0 Å². The van der Waals surface area contributed by atoms with E-state index in [1.165, 1.54) is 6.26 Å². The highest BCUT2D eigenvalue weighted by Gasteiger charge is 2.35. The van der Waals surface area contributed by atoms with Crippen molar-refractivity contribution in [3.8, 4) is 0 Å². The number of sulfone groups is 1. The Morgan fingerprint density at radius 3 is 2.57 bits per heavy atom. The third-order valence-electron chi connectivity index (χ3n) is 4.20. The number of hydrogen-bond donors (Lipinski definition) is 0. The molecule has 23 heavy (non-hydrogen) atoms. The van der Waals surface area contributed by atoms with Gasteiger partial charge in [-0.3, -0.25) is 4.79 Å². The first-order chi connectivity index (χ1) is 11.0. The van der Waals surface area contributed by atoms with Crippen LogP contribution >= 0.6 is 0 Å². The van der Waals surface area contributed by atoms with Crippen LogP contribution in [0, 0.1) is 6.92 Å². The Morgan fingerprint density at radius 1 is 1.26 bits per heavy atom. The average molecular weight is 333 g/mol. The number of nitrogens with zero attached hydrogens (tertiary/aromatic N) is 1. The fourth-order valence-electron chi connectivity index (χ4n) is 2.93. The zero-order chi connectivity index (χ0) is 16.4. The maximum atomic E-state index is 12.9. The molecule has 1 aromatic carbocycles. The molecule has 1 fully saturated rings. The Hall–Kier alpha value is -2.08. The summed E-state index contributed by atoms with van der Waals surface area (Å²) < 4.78 is 28.9. The van der Waals surface area contributed by atoms with Crippen molar-refractivity contribution in [1.29, 1.82) is 0 Å². The van der Waals surface area contributed by atoms with E-state index < -0.39 is 9.84 Å². The number of furan rings is 1. The molecule has 0 radical (unpaired) electrons. The minimum Gasteiger partial charge on any atom is -0.469 e. The molecule has 122 valence electrons. The topological polar surface area (TPSA) is 67.6 Å². The highest BCUT2D eigenvalue weighted by Crippen LogP contribution is 2.23. The van der Waals surface area contributed by atoms with Gasteiger partial charge in [0.15, 0.2) is 9.84 Å². The molecule has 1 aromatic heterocycles. The van der Waals surface area contributed by atoms with Crippen LogP contribution in [-0.2, 0) is 16.4 Å². The molecule has 0 aliphatic carbocycles. The van der Waals surface area contributed by atoms with Crippen molar-refractivity contribution in [3.63, 3.8) is 0 Å². The lowest BCUT2D eigenvalue weighted by atomic mass is 10.1. The van der Waals surface area contributed by atoms with Gasteiger partial charge in [0, 0.05) is 12.6 Å². The zero-order valence-electron chi connectivity index (χ0n) is 12.9. The van der Waals surface area contributed by atoms with Crippen LogP contribution in [0.4, 0.5) is 0 Å². The first-order valence-electron chi connectivity index (χ1n) is 7.56. The fraction of sp³-hybridized carbons (Fsp3) is 0.353. The Kier molecular flexibility index (Phi) is 4.26. The SMILES string of the molecule is Cc1occc1C(=O)N(Cc1ccccc1)[C@@H]1CCS(=O)(=O)C1. The molecule has 1 atom stereocenters. The first-order valence-corrected chi connectivity index (χ1v) is 9.38. The van der Waals surface area contributed by atoms with Gasteiger partial charge in [-0.25, -0.2) is 8.42 Å². The molecular formula is C17H19NO4S.